The van der Waals surface area contributed by atoms with Crippen LogP contribution in [-0.2, 0) is 11.3 Å². The molecule has 1 aromatic heterocycles. The lowest BCUT2D eigenvalue weighted by atomic mass is 9.89. The van der Waals surface area contributed by atoms with E-state index in [9.17, 15) is 0 Å². The fraction of sp³-hybridized carbons (Fsp3) is 0.476. The van der Waals surface area contributed by atoms with Gasteiger partial charge in [0.15, 0.2) is 5.96 Å². The van der Waals surface area contributed by atoms with Crippen molar-refractivity contribution in [1.82, 2.24) is 10.6 Å². The summed E-state index contributed by atoms with van der Waals surface area (Å²) >= 11 is 1.71. The van der Waals surface area contributed by atoms with Crippen molar-refractivity contribution in [3.8, 4) is 0 Å². The van der Waals surface area contributed by atoms with E-state index in [1.54, 1.807) is 11.3 Å². The molecule has 1 aliphatic heterocycles. The molecular formula is C21H29N3OS. The second-order valence-corrected chi connectivity index (χ2v) is 7.59. The quantitative estimate of drug-likeness (QED) is 0.588. The number of rotatable bonds is 6. The van der Waals surface area contributed by atoms with Gasteiger partial charge in [-0.05, 0) is 54.6 Å². The smallest absolute Gasteiger partial charge is 0.191 e. The number of hydrogen-bond donors (Lipinski definition) is 2. The first-order valence-electron chi connectivity index (χ1n) is 9.47. The Bertz CT molecular complexity index is 682. The van der Waals surface area contributed by atoms with Gasteiger partial charge in [-0.15, -0.1) is 0 Å². The van der Waals surface area contributed by atoms with Crippen LogP contribution >= 0.6 is 11.3 Å². The molecule has 1 aromatic carbocycles. The molecule has 2 unspecified atom stereocenters. The highest BCUT2D eigenvalue weighted by molar-refractivity contribution is 7.07. The van der Waals surface area contributed by atoms with Crippen LogP contribution in [0.5, 0.6) is 0 Å². The van der Waals surface area contributed by atoms with Crippen molar-refractivity contribution in [2.24, 2.45) is 10.9 Å². The summed E-state index contributed by atoms with van der Waals surface area (Å²) in [5, 5.41) is 11.1. The molecule has 140 valence electrons. The number of benzene rings is 1. The first-order valence-corrected chi connectivity index (χ1v) is 10.4. The molecule has 2 atom stereocenters. The Labute approximate surface area is 160 Å². The zero-order valence-electron chi connectivity index (χ0n) is 15.7. The van der Waals surface area contributed by atoms with Gasteiger partial charge in [0, 0.05) is 25.6 Å². The average molecular weight is 372 g/mol. The van der Waals surface area contributed by atoms with Gasteiger partial charge in [-0.1, -0.05) is 29.8 Å². The monoisotopic (exact) mass is 371 g/mol. The van der Waals surface area contributed by atoms with Gasteiger partial charge < -0.3 is 15.4 Å². The maximum absolute atomic E-state index is 6.13. The van der Waals surface area contributed by atoms with Gasteiger partial charge in [0.25, 0.3) is 0 Å². The molecular weight excluding hydrogens is 342 g/mol. The molecule has 4 nitrogen and oxygen atoms in total. The van der Waals surface area contributed by atoms with Gasteiger partial charge in [0.05, 0.1) is 12.6 Å². The number of hydrogen-bond acceptors (Lipinski definition) is 3. The number of aryl methyl sites for hydroxylation is 1. The number of nitrogens with zero attached hydrogens (tertiary/aromatic N) is 1. The molecule has 2 N–H and O–H groups in total. The lowest BCUT2D eigenvalue weighted by Crippen LogP contribution is -2.42. The molecule has 1 fully saturated rings. The minimum Gasteiger partial charge on any atom is -0.373 e. The van der Waals surface area contributed by atoms with Crippen LogP contribution in [0.15, 0.2) is 46.1 Å². The molecule has 0 amide bonds. The maximum atomic E-state index is 6.13. The lowest BCUT2D eigenvalue weighted by Gasteiger charge is -2.32. The van der Waals surface area contributed by atoms with Crippen LogP contribution in [0, 0.1) is 12.8 Å². The first kappa shape index (κ1) is 18.9. The van der Waals surface area contributed by atoms with Crippen molar-refractivity contribution in [3.05, 3.63) is 57.8 Å². The number of ether oxygens (including phenoxy) is 1. The van der Waals surface area contributed by atoms with E-state index in [4.69, 9.17) is 9.73 Å². The number of guanidine groups is 1. The van der Waals surface area contributed by atoms with E-state index in [2.05, 4.69) is 65.6 Å². The molecule has 2 heterocycles. The Hall–Kier alpha value is -1.85. The predicted octanol–water partition coefficient (Wildman–Crippen LogP) is 4.28. The largest absolute Gasteiger partial charge is 0.373 e. The fourth-order valence-electron chi connectivity index (χ4n) is 3.30. The van der Waals surface area contributed by atoms with Gasteiger partial charge in [0.2, 0.25) is 0 Å². The summed E-state index contributed by atoms with van der Waals surface area (Å²) in [5.41, 5.74) is 3.82. The Morgan fingerprint density at radius 1 is 1.23 bits per heavy atom. The molecule has 0 radical (unpaired) electrons. The molecule has 0 bridgehead atoms. The van der Waals surface area contributed by atoms with Crippen LogP contribution in [0.2, 0.25) is 0 Å². The normalized spacial score (nSPS) is 20.8. The summed E-state index contributed by atoms with van der Waals surface area (Å²) in [6, 6.07) is 10.9. The summed E-state index contributed by atoms with van der Waals surface area (Å²) in [7, 11) is 0. The van der Waals surface area contributed by atoms with Gasteiger partial charge in [0.1, 0.15) is 0 Å². The molecule has 26 heavy (non-hydrogen) atoms. The summed E-state index contributed by atoms with van der Waals surface area (Å²) < 4.78 is 6.13. The molecule has 3 rings (SSSR count). The van der Waals surface area contributed by atoms with Crippen molar-refractivity contribution >= 4 is 17.3 Å². The van der Waals surface area contributed by atoms with Gasteiger partial charge >= 0.3 is 0 Å². The number of aliphatic imine (C=N–C) groups is 1. The van der Waals surface area contributed by atoms with E-state index in [0.717, 1.165) is 32.1 Å². The first-order chi connectivity index (χ1) is 12.8. The van der Waals surface area contributed by atoms with Crippen molar-refractivity contribution in [1.29, 1.82) is 0 Å². The topological polar surface area (TPSA) is 45.7 Å². The van der Waals surface area contributed by atoms with Crippen molar-refractivity contribution < 1.29 is 4.74 Å². The van der Waals surface area contributed by atoms with Crippen molar-refractivity contribution in [2.45, 2.75) is 39.3 Å². The average Bonchev–Trinajstić information content (AvgIpc) is 3.19. The summed E-state index contributed by atoms with van der Waals surface area (Å²) in [6.07, 6.45) is 2.46. The summed E-state index contributed by atoms with van der Waals surface area (Å²) in [4.78, 5) is 4.71. The van der Waals surface area contributed by atoms with Crippen LogP contribution < -0.4 is 10.6 Å². The highest BCUT2D eigenvalue weighted by Crippen LogP contribution is 2.33. The number of thiophene rings is 1. The minimum absolute atomic E-state index is 0.164. The minimum atomic E-state index is 0.164. The number of nitrogens with one attached hydrogen (secondary N) is 2. The van der Waals surface area contributed by atoms with Crippen LogP contribution in [-0.4, -0.2) is 25.7 Å². The highest BCUT2D eigenvalue weighted by Gasteiger charge is 2.27. The third-order valence-corrected chi connectivity index (χ3v) is 5.46. The Morgan fingerprint density at radius 2 is 2.08 bits per heavy atom. The van der Waals surface area contributed by atoms with Crippen molar-refractivity contribution in [2.75, 3.05) is 19.7 Å². The van der Waals surface area contributed by atoms with E-state index in [0.29, 0.717) is 12.5 Å². The highest BCUT2D eigenvalue weighted by atomic mass is 32.1. The van der Waals surface area contributed by atoms with Crippen LogP contribution in [0.3, 0.4) is 0 Å². The van der Waals surface area contributed by atoms with E-state index in [-0.39, 0.29) is 6.10 Å². The molecule has 5 heteroatoms. The Balaban J connectivity index is 1.62. The summed E-state index contributed by atoms with van der Waals surface area (Å²) in [6.45, 7) is 7.51. The third-order valence-electron chi connectivity index (χ3n) is 4.73. The molecule has 1 aliphatic rings. The second-order valence-electron chi connectivity index (χ2n) is 6.81. The van der Waals surface area contributed by atoms with E-state index >= 15 is 0 Å². The maximum Gasteiger partial charge on any atom is 0.191 e. The van der Waals surface area contributed by atoms with Gasteiger partial charge in [-0.25, -0.2) is 4.99 Å². The molecule has 0 aliphatic carbocycles. The Kier molecular flexibility index (Phi) is 7.09. The van der Waals surface area contributed by atoms with E-state index in [1.807, 2.05) is 0 Å². The Morgan fingerprint density at radius 3 is 2.81 bits per heavy atom. The van der Waals surface area contributed by atoms with Crippen molar-refractivity contribution in [3.63, 3.8) is 0 Å². The van der Waals surface area contributed by atoms with Gasteiger partial charge in [-0.2, -0.15) is 11.3 Å². The standard InChI is InChI=1S/C21H29N3OS/c1-3-22-21(23-13-17-10-12-26-15-17)24-14-19-5-4-11-25-20(19)18-8-6-16(2)7-9-18/h6-10,12,15,19-20H,3-5,11,13-14H2,1-2H3,(H2,22,23,24). The lowest BCUT2D eigenvalue weighted by molar-refractivity contribution is -0.0265. The predicted molar refractivity (Wildman–Crippen MR) is 110 cm³/mol. The van der Waals surface area contributed by atoms with Crippen LogP contribution in [0.4, 0.5) is 0 Å². The third kappa shape index (κ3) is 5.32. The van der Waals surface area contributed by atoms with Crippen LogP contribution in [0.1, 0.15) is 42.6 Å². The molecule has 2 aromatic rings. The van der Waals surface area contributed by atoms with Crippen LogP contribution in [0.25, 0.3) is 0 Å². The second kappa shape index (κ2) is 9.74. The van der Waals surface area contributed by atoms with E-state index in [1.165, 1.54) is 23.1 Å². The molecule has 0 spiro atoms. The summed E-state index contributed by atoms with van der Waals surface area (Å²) in [5.74, 6) is 1.34. The zero-order chi connectivity index (χ0) is 18.2. The SMILES string of the molecule is CCNC(=NCc1ccsc1)NCC1CCCOC1c1ccc(C)cc1. The zero-order valence-corrected chi connectivity index (χ0v) is 16.5. The molecule has 0 saturated carbocycles. The molecule has 1 saturated heterocycles. The van der Waals surface area contributed by atoms with Gasteiger partial charge in [-0.3, -0.25) is 0 Å². The fourth-order valence-corrected chi connectivity index (χ4v) is 3.96. The van der Waals surface area contributed by atoms with E-state index < -0.39 is 0 Å².